The monoisotopic (exact) mass is 364 g/mol. The molecule has 0 atom stereocenters. The van der Waals surface area contributed by atoms with Crippen molar-refractivity contribution in [2.75, 3.05) is 11.6 Å². The van der Waals surface area contributed by atoms with E-state index in [2.05, 4.69) is 5.43 Å². The first-order valence-electron chi connectivity index (χ1n) is 8.72. The van der Waals surface area contributed by atoms with E-state index in [1.54, 1.807) is 36.4 Å². The molecule has 6 nitrogen and oxygen atoms in total. The lowest BCUT2D eigenvalue weighted by Gasteiger charge is -2.28. The molecule has 0 radical (unpaired) electrons. The van der Waals surface area contributed by atoms with Crippen LogP contribution in [-0.2, 0) is 20.7 Å². The van der Waals surface area contributed by atoms with Gasteiger partial charge in [0, 0.05) is 12.0 Å². The maximum Gasteiger partial charge on any atom is 0.356 e. The summed E-state index contributed by atoms with van der Waals surface area (Å²) in [6.07, 6.45) is 2.42. The van der Waals surface area contributed by atoms with Gasteiger partial charge in [-0.3, -0.25) is 15.0 Å². The molecule has 6 heteroatoms. The molecule has 2 aromatic rings. The minimum absolute atomic E-state index is 0.0682. The average Bonchev–Trinajstić information content (AvgIpc) is 2.72. The SMILES string of the molecule is CCc1ccc(C(=O)COC(=O)C2=CCC(=O)N(c3ccccc3)N2)cc1. The van der Waals surface area contributed by atoms with E-state index in [9.17, 15) is 14.4 Å². The number of benzene rings is 2. The van der Waals surface area contributed by atoms with E-state index in [0.717, 1.165) is 12.0 Å². The van der Waals surface area contributed by atoms with Gasteiger partial charge in [-0.2, -0.15) is 0 Å². The second-order valence-electron chi connectivity index (χ2n) is 6.05. The second kappa shape index (κ2) is 8.31. The highest BCUT2D eigenvalue weighted by Gasteiger charge is 2.25. The summed E-state index contributed by atoms with van der Waals surface area (Å²) in [6.45, 7) is 1.68. The molecule has 1 N–H and O–H groups in total. The van der Waals surface area contributed by atoms with Crippen molar-refractivity contribution >= 4 is 23.3 Å². The van der Waals surface area contributed by atoms with E-state index in [0.29, 0.717) is 11.3 Å². The van der Waals surface area contributed by atoms with E-state index < -0.39 is 5.97 Å². The number of nitrogens with zero attached hydrogens (tertiary/aromatic N) is 1. The molecule has 0 saturated heterocycles. The molecule has 0 unspecified atom stereocenters. The van der Waals surface area contributed by atoms with Crippen LogP contribution in [0.4, 0.5) is 5.69 Å². The Morgan fingerprint density at radius 1 is 1.07 bits per heavy atom. The van der Waals surface area contributed by atoms with Crippen LogP contribution in [0.1, 0.15) is 29.3 Å². The summed E-state index contributed by atoms with van der Waals surface area (Å²) < 4.78 is 5.12. The number of ether oxygens (including phenoxy) is 1. The third kappa shape index (κ3) is 4.41. The Bertz CT molecular complexity index is 873. The summed E-state index contributed by atoms with van der Waals surface area (Å²) in [4.78, 5) is 36.5. The fourth-order valence-corrected chi connectivity index (χ4v) is 2.64. The molecule has 0 saturated carbocycles. The third-order valence-electron chi connectivity index (χ3n) is 4.22. The Hall–Kier alpha value is -3.41. The Balaban J connectivity index is 1.60. The molecule has 1 amide bonds. The molecule has 2 aromatic carbocycles. The van der Waals surface area contributed by atoms with Crippen LogP contribution in [0.15, 0.2) is 66.4 Å². The van der Waals surface area contributed by atoms with Crippen molar-refractivity contribution in [1.82, 2.24) is 5.43 Å². The maximum absolute atomic E-state index is 12.3. The van der Waals surface area contributed by atoms with Crippen molar-refractivity contribution < 1.29 is 19.1 Å². The number of aryl methyl sites for hydroxylation is 1. The molecule has 1 heterocycles. The van der Waals surface area contributed by atoms with Gasteiger partial charge in [-0.25, -0.2) is 9.80 Å². The van der Waals surface area contributed by atoms with Crippen molar-refractivity contribution in [2.24, 2.45) is 0 Å². The molecule has 3 rings (SSSR count). The van der Waals surface area contributed by atoms with Crippen LogP contribution in [0.25, 0.3) is 0 Å². The summed E-state index contributed by atoms with van der Waals surface area (Å²) in [7, 11) is 0. The average molecular weight is 364 g/mol. The van der Waals surface area contributed by atoms with Gasteiger partial charge in [0.2, 0.25) is 5.91 Å². The summed E-state index contributed by atoms with van der Waals surface area (Å²) in [5.74, 6) is -1.15. The van der Waals surface area contributed by atoms with Gasteiger partial charge in [0.1, 0.15) is 5.70 Å². The number of hydrogen-bond acceptors (Lipinski definition) is 5. The number of nitrogens with one attached hydrogen (secondary N) is 1. The van der Waals surface area contributed by atoms with Crippen LogP contribution >= 0.6 is 0 Å². The highest BCUT2D eigenvalue weighted by atomic mass is 16.5. The fraction of sp³-hybridized carbons (Fsp3) is 0.190. The van der Waals surface area contributed by atoms with Gasteiger partial charge in [-0.15, -0.1) is 0 Å². The molecule has 138 valence electrons. The van der Waals surface area contributed by atoms with Crippen LogP contribution in [0, 0.1) is 0 Å². The Morgan fingerprint density at radius 3 is 2.44 bits per heavy atom. The molecular formula is C21H20N2O4. The summed E-state index contributed by atoms with van der Waals surface area (Å²) in [5.41, 5.74) is 5.13. The lowest BCUT2D eigenvalue weighted by Crippen LogP contribution is -2.47. The number of esters is 1. The van der Waals surface area contributed by atoms with E-state index in [1.165, 1.54) is 11.1 Å². The van der Waals surface area contributed by atoms with Crippen molar-refractivity contribution in [3.63, 3.8) is 0 Å². The maximum atomic E-state index is 12.3. The Morgan fingerprint density at radius 2 is 1.78 bits per heavy atom. The summed E-state index contributed by atoms with van der Waals surface area (Å²) in [6, 6.07) is 16.1. The highest BCUT2D eigenvalue weighted by molar-refractivity contribution is 6.01. The van der Waals surface area contributed by atoms with E-state index >= 15 is 0 Å². The molecule has 1 aliphatic rings. The predicted octanol–water partition coefficient (Wildman–Crippen LogP) is 2.80. The van der Waals surface area contributed by atoms with E-state index in [1.807, 2.05) is 25.1 Å². The lowest BCUT2D eigenvalue weighted by atomic mass is 10.1. The van der Waals surface area contributed by atoms with Gasteiger partial charge < -0.3 is 4.74 Å². The van der Waals surface area contributed by atoms with Crippen LogP contribution in [0.5, 0.6) is 0 Å². The minimum atomic E-state index is -0.679. The van der Waals surface area contributed by atoms with Crippen LogP contribution < -0.4 is 10.4 Å². The van der Waals surface area contributed by atoms with Crippen molar-refractivity contribution in [1.29, 1.82) is 0 Å². The smallest absolute Gasteiger partial charge is 0.356 e. The number of hydrazine groups is 1. The van der Waals surface area contributed by atoms with Crippen molar-refractivity contribution in [3.05, 3.63) is 77.5 Å². The van der Waals surface area contributed by atoms with Gasteiger partial charge >= 0.3 is 5.97 Å². The van der Waals surface area contributed by atoms with Gasteiger partial charge in [-0.1, -0.05) is 49.4 Å². The normalized spacial score (nSPS) is 13.6. The van der Waals surface area contributed by atoms with Gasteiger partial charge in [0.25, 0.3) is 0 Å². The summed E-state index contributed by atoms with van der Waals surface area (Å²) in [5, 5.41) is 1.29. The molecule has 1 aliphatic heterocycles. The molecular weight excluding hydrogens is 344 g/mol. The molecule has 27 heavy (non-hydrogen) atoms. The lowest BCUT2D eigenvalue weighted by molar-refractivity contribution is -0.138. The number of amides is 1. The first kappa shape index (κ1) is 18.4. The molecule has 0 fully saturated rings. The standard InChI is InChI=1S/C21H20N2O4/c1-2-15-8-10-16(11-9-15)19(24)14-27-21(26)18-12-13-20(25)23(22-18)17-6-4-3-5-7-17/h3-12,22H,2,13-14H2,1H3. The first-order chi connectivity index (χ1) is 13.1. The quantitative estimate of drug-likeness (QED) is 0.630. The number of carbonyl (C=O) groups is 3. The zero-order valence-electron chi connectivity index (χ0n) is 15.0. The fourth-order valence-electron chi connectivity index (χ4n) is 2.64. The number of anilines is 1. The van der Waals surface area contributed by atoms with Crippen LogP contribution in [0.3, 0.4) is 0 Å². The zero-order valence-corrected chi connectivity index (χ0v) is 15.0. The van der Waals surface area contributed by atoms with Gasteiger partial charge in [0.05, 0.1) is 5.69 Å². The highest BCUT2D eigenvalue weighted by Crippen LogP contribution is 2.17. The zero-order chi connectivity index (χ0) is 19.2. The number of hydrogen-bond donors (Lipinski definition) is 1. The van der Waals surface area contributed by atoms with Crippen molar-refractivity contribution in [3.8, 4) is 0 Å². The van der Waals surface area contributed by atoms with E-state index in [4.69, 9.17) is 4.74 Å². The third-order valence-corrected chi connectivity index (χ3v) is 4.22. The minimum Gasteiger partial charge on any atom is -0.453 e. The number of ketones is 1. The number of Topliss-reactive ketones (excluding diaryl/α,β-unsaturated/α-hetero) is 1. The largest absolute Gasteiger partial charge is 0.453 e. The number of para-hydroxylation sites is 1. The number of rotatable bonds is 6. The number of carbonyl (C=O) groups excluding carboxylic acids is 3. The van der Waals surface area contributed by atoms with Crippen LogP contribution in [0.2, 0.25) is 0 Å². The topological polar surface area (TPSA) is 75.7 Å². The molecule has 0 aliphatic carbocycles. The van der Waals surface area contributed by atoms with Gasteiger partial charge in [0.15, 0.2) is 12.4 Å². The molecule has 0 spiro atoms. The molecule has 0 bridgehead atoms. The second-order valence-corrected chi connectivity index (χ2v) is 6.05. The van der Waals surface area contributed by atoms with Crippen LogP contribution in [-0.4, -0.2) is 24.3 Å². The van der Waals surface area contributed by atoms with Gasteiger partial charge in [-0.05, 0) is 30.2 Å². The predicted molar refractivity (Wildman–Crippen MR) is 101 cm³/mol. The molecule has 0 aromatic heterocycles. The first-order valence-corrected chi connectivity index (χ1v) is 8.72. The van der Waals surface area contributed by atoms with Crippen molar-refractivity contribution in [2.45, 2.75) is 19.8 Å². The summed E-state index contributed by atoms with van der Waals surface area (Å²) >= 11 is 0. The Labute approximate surface area is 157 Å². The van der Waals surface area contributed by atoms with E-state index in [-0.39, 0.29) is 30.4 Å². The Kier molecular flexibility index (Phi) is 5.66.